The summed E-state index contributed by atoms with van der Waals surface area (Å²) in [6, 6.07) is 0. The molecular formula is C9H17FNO2P. The Morgan fingerprint density at radius 3 is 2.50 bits per heavy atom. The molecule has 1 atom stereocenters. The van der Waals surface area contributed by atoms with Crippen molar-refractivity contribution in [1.82, 2.24) is 5.06 Å². The molecule has 1 aliphatic carbocycles. The number of amides is 1. The maximum absolute atomic E-state index is 13.4. The van der Waals surface area contributed by atoms with Crippen LogP contribution in [-0.4, -0.2) is 30.5 Å². The molecule has 0 aromatic carbocycles. The predicted octanol–water partition coefficient (Wildman–Crippen LogP) is 1.74. The summed E-state index contributed by atoms with van der Waals surface area (Å²) in [5.41, 5.74) is 0. The number of rotatable bonds is 2. The summed E-state index contributed by atoms with van der Waals surface area (Å²) in [7, 11) is 5.26. The molecule has 1 saturated carbocycles. The Morgan fingerprint density at radius 1 is 1.57 bits per heavy atom. The summed E-state index contributed by atoms with van der Waals surface area (Å²) >= 11 is 0. The van der Waals surface area contributed by atoms with Crippen molar-refractivity contribution < 1.29 is 14.0 Å². The van der Waals surface area contributed by atoms with Crippen molar-refractivity contribution in [2.24, 2.45) is 5.92 Å². The van der Waals surface area contributed by atoms with Crippen LogP contribution in [0.5, 0.6) is 0 Å². The molecule has 1 rings (SSSR count). The Labute approximate surface area is 86.1 Å². The molecule has 5 heteroatoms. The second-order valence-corrected chi connectivity index (χ2v) is 4.86. The Balaban J connectivity index is 2.46. The summed E-state index contributed by atoms with van der Waals surface area (Å²) in [4.78, 5) is 16.4. The third-order valence-corrected chi connectivity index (χ3v) is 3.33. The van der Waals surface area contributed by atoms with Gasteiger partial charge in [-0.2, -0.15) is 0 Å². The lowest BCUT2D eigenvalue weighted by Crippen LogP contribution is -2.36. The molecule has 82 valence electrons. The summed E-state index contributed by atoms with van der Waals surface area (Å²) in [5.74, 6) is -0.127. The first-order valence-corrected chi connectivity index (χ1v) is 5.33. The van der Waals surface area contributed by atoms with Gasteiger partial charge in [-0.3, -0.25) is 9.63 Å². The SMILES string of the molecule is CON(C)C(=O)C1CCC(F)(P)CC1. The molecule has 0 aromatic rings. The van der Waals surface area contributed by atoms with Gasteiger partial charge in [-0.25, -0.2) is 9.45 Å². The molecule has 0 aromatic heterocycles. The Bertz CT molecular complexity index is 213. The van der Waals surface area contributed by atoms with E-state index in [0.717, 1.165) is 0 Å². The zero-order valence-corrected chi connectivity index (χ0v) is 9.78. The van der Waals surface area contributed by atoms with Crippen molar-refractivity contribution in [1.29, 1.82) is 0 Å². The molecule has 14 heavy (non-hydrogen) atoms. The van der Waals surface area contributed by atoms with Crippen LogP contribution in [0.4, 0.5) is 4.39 Å². The average Bonchev–Trinajstić information content (AvgIpc) is 2.15. The maximum atomic E-state index is 13.4. The topological polar surface area (TPSA) is 29.5 Å². The lowest BCUT2D eigenvalue weighted by molar-refractivity contribution is -0.174. The van der Waals surface area contributed by atoms with Crippen LogP contribution in [0.2, 0.25) is 0 Å². The van der Waals surface area contributed by atoms with Crippen LogP contribution in [0.25, 0.3) is 0 Å². The third kappa shape index (κ3) is 2.89. The van der Waals surface area contributed by atoms with Crippen molar-refractivity contribution >= 4 is 15.1 Å². The van der Waals surface area contributed by atoms with E-state index in [9.17, 15) is 9.18 Å². The van der Waals surface area contributed by atoms with Crippen LogP contribution < -0.4 is 0 Å². The molecular weight excluding hydrogens is 204 g/mol. The van der Waals surface area contributed by atoms with Crippen LogP contribution in [0.15, 0.2) is 0 Å². The van der Waals surface area contributed by atoms with Gasteiger partial charge in [0.05, 0.1) is 7.11 Å². The number of carbonyl (C=O) groups excluding carboxylic acids is 1. The molecule has 3 nitrogen and oxygen atoms in total. The molecule has 0 radical (unpaired) electrons. The molecule has 1 amide bonds. The summed E-state index contributed by atoms with van der Waals surface area (Å²) < 4.78 is 13.4. The van der Waals surface area contributed by atoms with E-state index in [4.69, 9.17) is 4.84 Å². The first-order chi connectivity index (χ1) is 6.46. The fraction of sp³-hybridized carbons (Fsp3) is 0.889. The van der Waals surface area contributed by atoms with Crippen molar-refractivity contribution in [2.45, 2.75) is 31.1 Å². The second kappa shape index (κ2) is 4.54. The van der Waals surface area contributed by atoms with Crippen molar-refractivity contribution in [3.8, 4) is 0 Å². The van der Waals surface area contributed by atoms with E-state index in [0.29, 0.717) is 25.7 Å². The molecule has 0 N–H and O–H groups in total. The highest BCUT2D eigenvalue weighted by atomic mass is 31.0. The van der Waals surface area contributed by atoms with Crippen LogP contribution in [0, 0.1) is 5.92 Å². The van der Waals surface area contributed by atoms with E-state index in [1.807, 2.05) is 0 Å². The van der Waals surface area contributed by atoms with E-state index >= 15 is 0 Å². The van der Waals surface area contributed by atoms with Gasteiger partial charge in [0.2, 0.25) is 5.91 Å². The van der Waals surface area contributed by atoms with Gasteiger partial charge in [0.25, 0.3) is 0 Å². The molecule has 0 saturated heterocycles. The molecule has 1 unspecified atom stereocenters. The second-order valence-electron chi connectivity index (χ2n) is 3.83. The predicted molar refractivity (Wildman–Crippen MR) is 55.3 cm³/mol. The minimum Gasteiger partial charge on any atom is -0.275 e. The van der Waals surface area contributed by atoms with E-state index < -0.39 is 5.41 Å². The molecule has 0 spiro atoms. The minimum absolute atomic E-state index is 0.0481. The Morgan fingerprint density at radius 2 is 2.07 bits per heavy atom. The first-order valence-electron chi connectivity index (χ1n) is 4.76. The number of hydrogen-bond acceptors (Lipinski definition) is 2. The Hall–Kier alpha value is -0.210. The van der Waals surface area contributed by atoms with Gasteiger partial charge < -0.3 is 0 Å². The number of alkyl halides is 1. The third-order valence-electron chi connectivity index (χ3n) is 2.75. The fourth-order valence-corrected chi connectivity index (χ4v) is 2.03. The minimum atomic E-state index is -1.16. The molecule has 0 bridgehead atoms. The van der Waals surface area contributed by atoms with Crippen LogP contribution in [-0.2, 0) is 9.63 Å². The normalized spacial score (nSPS) is 32.7. The summed E-state index contributed by atoms with van der Waals surface area (Å²) in [6.45, 7) is 0. The molecule has 0 aliphatic heterocycles. The number of nitrogens with zero attached hydrogens (tertiary/aromatic N) is 1. The molecule has 0 heterocycles. The van der Waals surface area contributed by atoms with E-state index in [1.54, 1.807) is 7.05 Å². The highest BCUT2D eigenvalue weighted by molar-refractivity contribution is 7.18. The number of halogens is 1. The number of hydroxylamine groups is 2. The van der Waals surface area contributed by atoms with Gasteiger partial charge in [-0.1, -0.05) is 9.24 Å². The van der Waals surface area contributed by atoms with E-state index in [-0.39, 0.29) is 11.8 Å². The van der Waals surface area contributed by atoms with Gasteiger partial charge >= 0.3 is 0 Å². The van der Waals surface area contributed by atoms with Crippen LogP contribution in [0.3, 0.4) is 0 Å². The summed E-state index contributed by atoms with van der Waals surface area (Å²) in [6.07, 6.45) is 2.08. The van der Waals surface area contributed by atoms with E-state index in [1.165, 1.54) is 12.2 Å². The zero-order chi connectivity index (χ0) is 10.8. The van der Waals surface area contributed by atoms with Crippen molar-refractivity contribution in [3.05, 3.63) is 0 Å². The summed E-state index contributed by atoms with van der Waals surface area (Å²) in [5, 5.41) is 0.0567. The maximum Gasteiger partial charge on any atom is 0.248 e. The van der Waals surface area contributed by atoms with Crippen LogP contribution >= 0.6 is 9.24 Å². The highest BCUT2D eigenvalue weighted by Gasteiger charge is 2.34. The number of hydrogen-bond donors (Lipinski definition) is 0. The lowest BCUT2D eigenvalue weighted by Gasteiger charge is -2.31. The Kier molecular flexibility index (Phi) is 3.85. The zero-order valence-electron chi connectivity index (χ0n) is 8.62. The first kappa shape index (κ1) is 11.9. The fourth-order valence-electron chi connectivity index (χ4n) is 1.69. The smallest absolute Gasteiger partial charge is 0.248 e. The van der Waals surface area contributed by atoms with Gasteiger partial charge in [0, 0.05) is 13.0 Å². The van der Waals surface area contributed by atoms with Crippen LogP contribution in [0.1, 0.15) is 25.7 Å². The average molecular weight is 221 g/mol. The monoisotopic (exact) mass is 221 g/mol. The standard InChI is InChI=1S/C9H17FNO2P/c1-11(13-2)8(12)7-3-5-9(10,14)6-4-7/h7H,3-6,14H2,1-2H3. The molecule has 1 aliphatic rings. The number of carbonyl (C=O) groups is 1. The van der Waals surface area contributed by atoms with Crippen molar-refractivity contribution in [3.63, 3.8) is 0 Å². The highest BCUT2D eigenvalue weighted by Crippen LogP contribution is 2.40. The lowest BCUT2D eigenvalue weighted by atomic mass is 9.87. The van der Waals surface area contributed by atoms with Gasteiger partial charge in [-0.15, -0.1) is 0 Å². The van der Waals surface area contributed by atoms with Crippen molar-refractivity contribution in [2.75, 3.05) is 14.2 Å². The quantitative estimate of drug-likeness (QED) is 0.525. The largest absolute Gasteiger partial charge is 0.275 e. The van der Waals surface area contributed by atoms with Gasteiger partial charge in [-0.05, 0) is 25.7 Å². The molecule has 1 fully saturated rings. The van der Waals surface area contributed by atoms with Gasteiger partial charge in [0.15, 0.2) is 0 Å². The van der Waals surface area contributed by atoms with Gasteiger partial charge in [0.1, 0.15) is 5.41 Å². The van der Waals surface area contributed by atoms with E-state index in [2.05, 4.69) is 9.24 Å².